The van der Waals surface area contributed by atoms with E-state index in [0.29, 0.717) is 39.0 Å². The van der Waals surface area contributed by atoms with Gasteiger partial charge in [0, 0.05) is 43.7 Å². The van der Waals surface area contributed by atoms with Crippen molar-refractivity contribution in [3.8, 4) is 5.75 Å². The fourth-order valence-electron chi connectivity index (χ4n) is 6.27. The fraction of sp³-hybridized carbons (Fsp3) is 0.500. The SMILES string of the molecule is COc1ccc(C(=O)N2CCCCCCNC(=O)[C@@H]3C[C@@H](C(=O)N4CCc5ccccc5C4)C[C@@H]32)cc1F. The zero-order valence-electron chi connectivity index (χ0n) is 22.0. The van der Waals surface area contributed by atoms with Gasteiger partial charge in [0.1, 0.15) is 0 Å². The summed E-state index contributed by atoms with van der Waals surface area (Å²) in [5.41, 5.74) is 2.66. The molecule has 5 rings (SSSR count). The van der Waals surface area contributed by atoms with Crippen LogP contribution >= 0.6 is 0 Å². The number of rotatable bonds is 3. The van der Waals surface area contributed by atoms with Crippen LogP contribution in [0.4, 0.5) is 4.39 Å². The molecule has 202 valence electrons. The van der Waals surface area contributed by atoms with Gasteiger partial charge in [0.2, 0.25) is 11.8 Å². The van der Waals surface area contributed by atoms with Crippen LogP contribution in [0, 0.1) is 17.7 Å². The maximum atomic E-state index is 14.5. The summed E-state index contributed by atoms with van der Waals surface area (Å²) in [6, 6.07) is 12.0. The Kier molecular flexibility index (Phi) is 7.95. The van der Waals surface area contributed by atoms with Crippen molar-refractivity contribution in [2.75, 3.05) is 26.7 Å². The van der Waals surface area contributed by atoms with Crippen LogP contribution in [0.15, 0.2) is 42.5 Å². The number of nitrogens with zero attached hydrogens (tertiary/aromatic N) is 2. The third-order valence-corrected chi connectivity index (χ3v) is 8.34. The van der Waals surface area contributed by atoms with E-state index < -0.39 is 17.8 Å². The molecule has 0 spiro atoms. The first-order valence-electron chi connectivity index (χ1n) is 13.7. The van der Waals surface area contributed by atoms with Gasteiger partial charge in [-0.05, 0) is 61.4 Å². The molecule has 8 heteroatoms. The van der Waals surface area contributed by atoms with E-state index in [0.717, 1.165) is 37.7 Å². The molecule has 2 aliphatic heterocycles. The lowest BCUT2D eigenvalue weighted by Gasteiger charge is -2.33. The van der Waals surface area contributed by atoms with E-state index in [1.165, 1.54) is 24.8 Å². The first-order valence-corrected chi connectivity index (χ1v) is 13.7. The fourth-order valence-corrected chi connectivity index (χ4v) is 6.27. The molecule has 1 saturated carbocycles. The van der Waals surface area contributed by atoms with Gasteiger partial charge >= 0.3 is 0 Å². The van der Waals surface area contributed by atoms with Crippen molar-refractivity contribution < 1.29 is 23.5 Å². The monoisotopic (exact) mass is 521 g/mol. The molecule has 38 heavy (non-hydrogen) atoms. The summed E-state index contributed by atoms with van der Waals surface area (Å²) in [7, 11) is 1.38. The number of methoxy groups -OCH3 is 1. The summed E-state index contributed by atoms with van der Waals surface area (Å²) >= 11 is 0. The van der Waals surface area contributed by atoms with Crippen molar-refractivity contribution in [3.05, 3.63) is 65.0 Å². The van der Waals surface area contributed by atoms with E-state index >= 15 is 0 Å². The minimum Gasteiger partial charge on any atom is -0.494 e. The lowest BCUT2D eigenvalue weighted by molar-refractivity contribution is -0.136. The summed E-state index contributed by atoms with van der Waals surface area (Å²) in [5, 5.41) is 3.05. The van der Waals surface area contributed by atoms with E-state index in [1.54, 1.807) is 11.0 Å². The van der Waals surface area contributed by atoms with Crippen LogP contribution in [-0.4, -0.2) is 60.3 Å². The second-order valence-electron chi connectivity index (χ2n) is 10.7. The molecule has 0 bridgehead atoms. The number of benzene rings is 2. The average molecular weight is 522 g/mol. The van der Waals surface area contributed by atoms with Gasteiger partial charge in [-0.3, -0.25) is 14.4 Å². The Balaban J connectivity index is 1.40. The Morgan fingerprint density at radius 1 is 1.00 bits per heavy atom. The third-order valence-electron chi connectivity index (χ3n) is 8.34. The molecule has 3 amide bonds. The number of carbonyl (C=O) groups excluding carboxylic acids is 3. The maximum absolute atomic E-state index is 14.5. The van der Waals surface area contributed by atoms with Crippen molar-refractivity contribution >= 4 is 17.7 Å². The Labute approximate surface area is 223 Å². The zero-order chi connectivity index (χ0) is 26.6. The van der Waals surface area contributed by atoms with Crippen molar-refractivity contribution in [2.45, 2.75) is 57.5 Å². The zero-order valence-corrected chi connectivity index (χ0v) is 22.0. The van der Waals surface area contributed by atoms with Crippen molar-refractivity contribution in [2.24, 2.45) is 11.8 Å². The lowest BCUT2D eigenvalue weighted by atomic mass is 9.97. The van der Waals surface area contributed by atoms with Gasteiger partial charge < -0.3 is 19.9 Å². The van der Waals surface area contributed by atoms with Gasteiger partial charge in [0.05, 0.1) is 13.0 Å². The number of hydrogen-bond donors (Lipinski definition) is 1. The van der Waals surface area contributed by atoms with Crippen LogP contribution < -0.4 is 10.1 Å². The van der Waals surface area contributed by atoms with Gasteiger partial charge in [0.15, 0.2) is 11.6 Å². The van der Waals surface area contributed by atoms with E-state index in [2.05, 4.69) is 17.4 Å². The second-order valence-corrected chi connectivity index (χ2v) is 10.7. The summed E-state index contributed by atoms with van der Waals surface area (Å²) in [6.07, 6.45) is 5.23. The molecule has 1 N–H and O–H groups in total. The van der Waals surface area contributed by atoms with E-state index in [-0.39, 0.29) is 35.0 Å². The maximum Gasteiger partial charge on any atom is 0.254 e. The number of halogens is 1. The molecule has 0 aromatic heterocycles. The summed E-state index contributed by atoms with van der Waals surface area (Å²) < 4.78 is 19.5. The number of amides is 3. The topological polar surface area (TPSA) is 79.0 Å². The summed E-state index contributed by atoms with van der Waals surface area (Å²) in [4.78, 5) is 44.4. The van der Waals surface area contributed by atoms with Gasteiger partial charge in [0.25, 0.3) is 5.91 Å². The second kappa shape index (κ2) is 11.5. The smallest absolute Gasteiger partial charge is 0.254 e. The van der Waals surface area contributed by atoms with E-state index in [1.807, 2.05) is 17.0 Å². The Hall–Kier alpha value is -3.42. The minimum atomic E-state index is -0.602. The number of ether oxygens (including phenoxy) is 1. The largest absolute Gasteiger partial charge is 0.494 e. The van der Waals surface area contributed by atoms with E-state index in [9.17, 15) is 18.8 Å². The summed E-state index contributed by atoms with van der Waals surface area (Å²) in [5.74, 6) is -1.71. The highest BCUT2D eigenvalue weighted by atomic mass is 19.1. The Morgan fingerprint density at radius 3 is 2.58 bits per heavy atom. The van der Waals surface area contributed by atoms with Gasteiger partial charge in [-0.15, -0.1) is 0 Å². The molecule has 2 aromatic rings. The first kappa shape index (κ1) is 26.2. The minimum absolute atomic E-state index is 0.0507. The molecular formula is C30H36FN3O4. The van der Waals surface area contributed by atoms with Crippen LogP contribution in [0.5, 0.6) is 5.75 Å². The quantitative estimate of drug-likeness (QED) is 0.664. The predicted octanol–water partition coefficient (Wildman–Crippen LogP) is 3.95. The Bertz CT molecular complexity index is 1200. The van der Waals surface area contributed by atoms with Crippen molar-refractivity contribution in [1.82, 2.24) is 15.1 Å². The Morgan fingerprint density at radius 2 is 1.79 bits per heavy atom. The van der Waals surface area contributed by atoms with Crippen molar-refractivity contribution in [3.63, 3.8) is 0 Å². The highest BCUT2D eigenvalue weighted by Crippen LogP contribution is 2.38. The van der Waals surface area contributed by atoms with E-state index in [4.69, 9.17) is 4.74 Å². The van der Waals surface area contributed by atoms with Gasteiger partial charge in [-0.2, -0.15) is 0 Å². The molecule has 1 saturated heterocycles. The molecule has 0 radical (unpaired) electrons. The molecular weight excluding hydrogens is 485 g/mol. The predicted molar refractivity (Wildman–Crippen MR) is 141 cm³/mol. The normalized spacial score (nSPS) is 24.1. The van der Waals surface area contributed by atoms with Crippen LogP contribution in [0.2, 0.25) is 0 Å². The number of hydrogen-bond acceptors (Lipinski definition) is 4. The molecule has 2 heterocycles. The molecule has 1 aliphatic carbocycles. The molecule has 7 nitrogen and oxygen atoms in total. The highest BCUT2D eigenvalue weighted by Gasteiger charge is 2.46. The number of fused-ring (bicyclic) bond motifs is 2. The highest BCUT2D eigenvalue weighted by molar-refractivity contribution is 5.95. The number of nitrogens with one attached hydrogen (secondary N) is 1. The van der Waals surface area contributed by atoms with Crippen LogP contribution in [-0.2, 0) is 22.6 Å². The van der Waals surface area contributed by atoms with Crippen LogP contribution in [0.3, 0.4) is 0 Å². The lowest BCUT2D eigenvalue weighted by Crippen LogP contribution is -2.47. The first-order chi connectivity index (χ1) is 18.5. The van der Waals surface area contributed by atoms with Gasteiger partial charge in [-0.25, -0.2) is 4.39 Å². The average Bonchev–Trinajstić information content (AvgIpc) is 3.37. The molecule has 3 atom stereocenters. The van der Waals surface area contributed by atoms with Crippen LogP contribution in [0.1, 0.15) is 60.0 Å². The molecule has 2 fully saturated rings. The van der Waals surface area contributed by atoms with Crippen LogP contribution in [0.25, 0.3) is 0 Å². The molecule has 2 aromatic carbocycles. The molecule has 0 unspecified atom stereocenters. The third kappa shape index (κ3) is 5.40. The van der Waals surface area contributed by atoms with Gasteiger partial charge in [-0.1, -0.05) is 37.1 Å². The molecule has 3 aliphatic rings. The summed E-state index contributed by atoms with van der Waals surface area (Å²) in [6.45, 7) is 2.29. The number of carbonyl (C=O) groups is 3. The standard InChI is InChI=1S/C30H36FN3O4/c1-38-27-11-10-21(17-25(27)31)30(37)34-14-7-3-2-6-13-32-28(35)24-16-23(18-26(24)34)29(36)33-15-12-20-8-4-5-9-22(20)19-33/h4-5,8-11,17,23-24,26H,2-3,6-7,12-16,18-19H2,1H3,(H,32,35)/t23-,24-,26+/m1/s1. The van der Waals surface area contributed by atoms with Crippen molar-refractivity contribution in [1.29, 1.82) is 0 Å².